The van der Waals surface area contributed by atoms with Crippen molar-refractivity contribution >= 4 is 63.5 Å². The third-order valence-electron chi connectivity index (χ3n) is 5.93. The first-order valence-electron chi connectivity index (χ1n) is 11.5. The maximum Gasteiger partial charge on any atom is 0.427 e. The Kier molecular flexibility index (Phi) is 8.91. The van der Waals surface area contributed by atoms with Crippen LogP contribution in [0.3, 0.4) is 0 Å². The molecular formula is C22H22F3N7O5S3. The van der Waals surface area contributed by atoms with Crippen LogP contribution in [0, 0.1) is 0 Å². The number of nitrogens with one attached hydrogen (secondary N) is 1. The number of alkyl halides is 3. The number of nitrogen functional groups attached to an aromatic ring is 1. The van der Waals surface area contributed by atoms with Crippen LogP contribution in [0.25, 0.3) is 0 Å². The number of carbonyl (C=O) groups excluding carboxylic acids is 2. The van der Waals surface area contributed by atoms with E-state index in [1.165, 1.54) is 11.8 Å². The van der Waals surface area contributed by atoms with Crippen LogP contribution >= 0.6 is 34.9 Å². The lowest BCUT2D eigenvalue weighted by atomic mass is 9.86. The predicted molar refractivity (Wildman–Crippen MR) is 142 cm³/mol. The van der Waals surface area contributed by atoms with E-state index in [2.05, 4.69) is 20.4 Å². The van der Waals surface area contributed by atoms with Gasteiger partial charge in [-0.25, -0.2) is 9.78 Å². The zero-order valence-electron chi connectivity index (χ0n) is 20.3. The Hall–Kier alpha value is -3.35. The second-order valence-corrected chi connectivity index (χ2v) is 11.7. The molecule has 40 heavy (non-hydrogen) atoms. The lowest BCUT2D eigenvalue weighted by molar-refractivity contribution is -0.155. The number of amides is 2. The molecule has 0 saturated carbocycles. The Morgan fingerprint density at radius 2 is 2.10 bits per heavy atom. The van der Waals surface area contributed by atoms with Crippen LogP contribution in [-0.2, 0) is 26.3 Å². The number of carboxylic acids is 1. The molecule has 2 aliphatic rings. The van der Waals surface area contributed by atoms with Gasteiger partial charge in [-0.05, 0) is 24.5 Å². The minimum absolute atomic E-state index is 0.0605. The molecule has 214 valence electrons. The highest BCUT2D eigenvalue weighted by Gasteiger charge is 2.54. The number of thiazole rings is 1. The molecule has 2 aromatic rings. The molecule has 4 heterocycles. The molecular weight excluding hydrogens is 595 g/mol. The molecule has 2 aromatic heterocycles. The van der Waals surface area contributed by atoms with Gasteiger partial charge in [0.05, 0.1) is 6.04 Å². The molecule has 18 heteroatoms. The fraction of sp³-hybridized carbons (Fsp3) is 0.364. The summed E-state index contributed by atoms with van der Waals surface area (Å²) in [6.45, 7) is 0.505. The van der Waals surface area contributed by atoms with E-state index in [0.29, 0.717) is 17.2 Å². The molecule has 1 fully saturated rings. The van der Waals surface area contributed by atoms with Gasteiger partial charge < -0.3 is 27.1 Å². The van der Waals surface area contributed by atoms with E-state index in [0.717, 1.165) is 21.1 Å². The number of allylic oxidation sites excluding steroid dienone is 1. The van der Waals surface area contributed by atoms with Crippen molar-refractivity contribution < 1.29 is 37.9 Å². The Labute approximate surface area is 237 Å². The van der Waals surface area contributed by atoms with E-state index in [-0.39, 0.29) is 29.9 Å². The fourth-order valence-electron chi connectivity index (χ4n) is 4.25. The third kappa shape index (κ3) is 5.89. The Bertz CT molecular complexity index is 1400. The second kappa shape index (κ2) is 12.0. The minimum atomic E-state index is -4.93. The van der Waals surface area contributed by atoms with Crippen LogP contribution in [-0.4, -0.2) is 73.1 Å². The average molecular weight is 618 g/mol. The van der Waals surface area contributed by atoms with Gasteiger partial charge in [0.2, 0.25) is 0 Å². The monoisotopic (exact) mass is 617 g/mol. The van der Waals surface area contributed by atoms with Crippen molar-refractivity contribution in [3.05, 3.63) is 45.2 Å². The largest absolute Gasteiger partial charge is 0.477 e. The highest BCUT2D eigenvalue weighted by Crippen LogP contribution is 2.44. The van der Waals surface area contributed by atoms with Crippen LogP contribution in [0.2, 0.25) is 0 Å². The lowest BCUT2D eigenvalue weighted by Gasteiger charge is -2.50. The molecule has 0 bridgehead atoms. The minimum Gasteiger partial charge on any atom is -0.477 e. The van der Waals surface area contributed by atoms with Crippen LogP contribution in [0.4, 0.5) is 18.3 Å². The molecule has 2 amide bonds. The number of anilines is 1. The fourth-order valence-corrected chi connectivity index (χ4v) is 6.95. The Balaban J connectivity index is 1.54. The van der Waals surface area contributed by atoms with Crippen molar-refractivity contribution in [2.24, 2.45) is 10.9 Å². The van der Waals surface area contributed by atoms with Crippen molar-refractivity contribution in [2.45, 2.75) is 41.7 Å². The summed E-state index contributed by atoms with van der Waals surface area (Å²) in [5.74, 6) is -2.07. The first-order valence-corrected chi connectivity index (χ1v) is 14.3. The highest BCUT2D eigenvalue weighted by atomic mass is 32.2. The van der Waals surface area contributed by atoms with Crippen LogP contribution in [0.15, 0.2) is 39.1 Å². The maximum atomic E-state index is 13.4. The number of β-lactam (4-membered cyclic amide) rings is 1. The van der Waals surface area contributed by atoms with Crippen LogP contribution < -0.4 is 16.8 Å². The number of aliphatic carboxylic acids is 1. The van der Waals surface area contributed by atoms with Gasteiger partial charge in [-0.1, -0.05) is 28.3 Å². The van der Waals surface area contributed by atoms with Gasteiger partial charge in [-0.3, -0.25) is 19.5 Å². The number of fused-ring (bicyclic) bond motifs is 1. The quantitative estimate of drug-likeness (QED) is 0.0860. The molecule has 2 atom stereocenters. The summed E-state index contributed by atoms with van der Waals surface area (Å²) in [5, 5.41) is 23.7. The number of nitrogens with two attached hydrogens (primary N) is 2. The normalized spacial score (nSPS) is 19.4. The average Bonchev–Trinajstić information content (AvgIpc) is 3.30. The summed E-state index contributed by atoms with van der Waals surface area (Å²) < 4.78 is 40.1. The van der Waals surface area contributed by atoms with Gasteiger partial charge in [0.25, 0.3) is 11.8 Å². The molecule has 0 radical (unpaired) electrons. The first-order chi connectivity index (χ1) is 19.0. The molecule has 1 saturated heterocycles. The number of oxime groups is 1. The van der Waals surface area contributed by atoms with Gasteiger partial charge in [0.15, 0.2) is 10.8 Å². The Morgan fingerprint density at radius 3 is 2.75 bits per heavy atom. The number of hydrogen-bond acceptors (Lipinski definition) is 12. The van der Waals surface area contributed by atoms with Gasteiger partial charge in [0.1, 0.15) is 22.3 Å². The summed E-state index contributed by atoms with van der Waals surface area (Å²) >= 11 is 2.87. The number of thioether (sulfide) groups is 2. The topological polar surface area (TPSA) is 197 Å². The summed E-state index contributed by atoms with van der Waals surface area (Å²) in [7, 11) is 0. The van der Waals surface area contributed by atoms with Crippen molar-refractivity contribution in [2.75, 3.05) is 18.0 Å². The smallest absolute Gasteiger partial charge is 0.427 e. The zero-order chi connectivity index (χ0) is 29.2. The SMILES string of the molecule is NCCSCc1cnccc1SC1=C(C(=O)O)N2C(=O)C(NC(=O)/C(=N\O)c3nc(N)sc3C(F)(F)F)C2CC1. The van der Waals surface area contributed by atoms with E-state index in [4.69, 9.17) is 11.5 Å². The zero-order valence-corrected chi connectivity index (χ0v) is 22.8. The van der Waals surface area contributed by atoms with Crippen molar-refractivity contribution in [1.29, 1.82) is 0 Å². The van der Waals surface area contributed by atoms with E-state index in [9.17, 15) is 37.9 Å². The summed E-state index contributed by atoms with van der Waals surface area (Å²) in [6, 6.07) is -0.273. The highest BCUT2D eigenvalue weighted by molar-refractivity contribution is 8.03. The number of rotatable bonds is 10. The molecule has 0 aliphatic carbocycles. The van der Waals surface area contributed by atoms with Crippen LogP contribution in [0.5, 0.6) is 0 Å². The predicted octanol–water partition coefficient (Wildman–Crippen LogP) is 2.09. The third-order valence-corrected chi connectivity index (χ3v) is 9.16. The molecule has 0 spiro atoms. The molecule has 4 rings (SSSR count). The van der Waals surface area contributed by atoms with Crippen molar-refractivity contribution in [1.82, 2.24) is 20.2 Å². The number of carboxylic acid groups (broad SMARTS) is 1. The maximum absolute atomic E-state index is 13.4. The number of nitrogens with zero attached hydrogens (tertiary/aromatic N) is 4. The molecule has 7 N–H and O–H groups in total. The van der Waals surface area contributed by atoms with Gasteiger partial charge in [0, 0.05) is 40.2 Å². The van der Waals surface area contributed by atoms with Gasteiger partial charge in [-0.15, -0.1) is 0 Å². The van der Waals surface area contributed by atoms with E-state index in [1.54, 1.807) is 30.2 Å². The molecule has 2 aliphatic heterocycles. The van der Waals surface area contributed by atoms with Gasteiger partial charge in [-0.2, -0.15) is 24.9 Å². The molecule has 2 unspecified atom stereocenters. The number of pyridine rings is 1. The Morgan fingerprint density at radius 1 is 1.35 bits per heavy atom. The second-order valence-electron chi connectivity index (χ2n) is 8.45. The van der Waals surface area contributed by atoms with Crippen LogP contribution in [0.1, 0.15) is 29.0 Å². The summed E-state index contributed by atoms with van der Waals surface area (Å²) in [5.41, 5.74) is 9.50. The number of carbonyl (C=O) groups is 3. The van der Waals surface area contributed by atoms with Gasteiger partial charge >= 0.3 is 12.1 Å². The van der Waals surface area contributed by atoms with Crippen molar-refractivity contribution in [3.63, 3.8) is 0 Å². The number of halogens is 3. The standard InChI is InChI=1S/C22H22F3N7O5S3/c23-22(24,25)17-14(30-21(27)40-17)15(31-37)18(33)29-13-10-1-2-12(16(20(35)36)32(10)19(13)34)39-11-3-5-28-7-9(11)8-38-6-4-26/h3,5,7,10,13,37H,1-2,4,6,8,26H2,(H2,27,30)(H,29,33)(H,35,36)/b31-15-. The molecule has 0 aromatic carbocycles. The lowest BCUT2D eigenvalue weighted by Crippen LogP contribution is -2.72. The first kappa shape index (κ1) is 29.6. The van der Waals surface area contributed by atoms with E-state index < -0.39 is 57.5 Å². The van der Waals surface area contributed by atoms with Crippen molar-refractivity contribution in [3.8, 4) is 0 Å². The summed E-state index contributed by atoms with van der Waals surface area (Å²) in [6.07, 6.45) is -1.15. The number of aromatic nitrogens is 2. The van der Waals surface area contributed by atoms with E-state index >= 15 is 0 Å². The molecule has 12 nitrogen and oxygen atoms in total. The van der Waals surface area contributed by atoms with E-state index in [1.807, 2.05) is 0 Å². The number of hydrogen-bond donors (Lipinski definition) is 5. The summed E-state index contributed by atoms with van der Waals surface area (Å²) in [4.78, 5) is 46.6.